The van der Waals surface area contributed by atoms with E-state index >= 15 is 0 Å². The van der Waals surface area contributed by atoms with Crippen LogP contribution in [0.25, 0.3) is 10.6 Å². The molecule has 194 valence electrons. The van der Waals surface area contributed by atoms with Gasteiger partial charge < -0.3 is 25.6 Å². The van der Waals surface area contributed by atoms with E-state index in [1.807, 2.05) is 18.2 Å². The van der Waals surface area contributed by atoms with Gasteiger partial charge in [0, 0.05) is 11.6 Å². The molecule has 12 heteroatoms. The van der Waals surface area contributed by atoms with Crippen molar-refractivity contribution < 1.29 is 24.2 Å². The van der Waals surface area contributed by atoms with Crippen molar-refractivity contribution in [2.75, 3.05) is 13.7 Å². The van der Waals surface area contributed by atoms with Gasteiger partial charge in [0.25, 0.3) is 5.91 Å². The van der Waals surface area contributed by atoms with E-state index in [0.29, 0.717) is 39.6 Å². The molecule has 4 N–H and O–H groups in total. The Kier molecular flexibility index (Phi) is 10.5. The maximum absolute atomic E-state index is 12.9. The SMILES string of the molecule is COc1ccc(-c2nc(C(=O)NCc3cccc(C(=O)O)n3)c(C(C)N)s2)cc1OCC1CC1.Cl.Cl. The van der Waals surface area contributed by atoms with E-state index < -0.39 is 17.9 Å². The molecule has 0 bridgehead atoms. The van der Waals surface area contributed by atoms with Crippen molar-refractivity contribution in [3.8, 4) is 22.1 Å². The molecule has 1 fully saturated rings. The van der Waals surface area contributed by atoms with Crippen LogP contribution >= 0.6 is 36.2 Å². The van der Waals surface area contributed by atoms with Crippen LogP contribution in [0.1, 0.15) is 57.4 Å². The van der Waals surface area contributed by atoms with Gasteiger partial charge in [0.05, 0.1) is 30.8 Å². The van der Waals surface area contributed by atoms with Gasteiger partial charge in [-0.05, 0) is 56.0 Å². The van der Waals surface area contributed by atoms with Gasteiger partial charge in [-0.3, -0.25) is 4.79 Å². The molecule has 3 aromatic rings. The summed E-state index contributed by atoms with van der Waals surface area (Å²) in [6.45, 7) is 2.50. The molecule has 1 amide bonds. The summed E-state index contributed by atoms with van der Waals surface area (Å²) in [5.74, 6) is 0.341. The van der Waals surface area contributed by atoms with E-state index in [4.69, 9.17) is 20.3 Å². The van der Waals surface area contributed by atoms with Crippen LogP contribution in [0.15, 0.2) is 36.4 Å². The van der Waals surface area contributed by atoms with Crippen molar-refractivity contribution in [2.24, 2.45) is 11.7 Å². The predicted molar refractivity (Wildman–Crippen MR) is 142 cm³/mol. The first-order valence-corrected chi connectivity index (χ1v) is 11.7. The zero-order valence-electron chi connectivity index (χ0n) is 19.7. The molecule has 1 aliphatic carbocycles. The van der Waals surface area contributed by atoms with E-state index in [1.54, 1.807) is 26.2 Å². The number of benzene rings is 1. The first kappa shape index (κ1) is 29.3. The Morgan fingerprint density at radius 3 is 2.58 bits per heavy atom. The molecule has 2 heterocycles. The van der Waals surface area contributed by atoms with E-state index in [2.05, 4.69) is 15.3 Å². The summed E-state index contributed by atoms with van der Waals surface area (Å²) in [4.78, 5) is 33.3. The highest BCUT2D eigenvalue weighted by atomic mass is 35.5. The maximum Gasteiger partial charge on any atom is 0.354 e. The Balaban J connectivity index is 0.00000228. The van der Waals surface area contributed by atoms with Crippen LogP contribution in [0.3, 0.4) is 0 Å². The van der Waals surface area contributed by atoms with Gasteiger partial charge in [-0.25, -0.2) is 14.8 Å². The van der Waals surface area contributed by atoms with Gasteiger partial charge in [-0.2, -0.15) is 0 Å². The lowest BCUT2D eigenvalue weighted by Gasteiger charge is -2.11. The molecule has 4 rings (SSSR count). The number of carboxylic acid groups (broad SMARTS) is 1. The second kappa shape index (κ2) is 12.9. The van der Waals surface area contributed by atoms with Crippen LogP contribution in [-0.2, 0) is 6.54 Å². The normalized spacial score (nSPS) is 13.1. The molecule has 0 spiro atoms. The number of aromatic nitrogens is 2. The Bertz CT molecular complexity index is 1220. The molecule has 1 aromatic carbocycles. The van der Waals surface area contributed by atoms with Gasteiger partial charge in [-0.1, -0.05) is 6.07 Å². The van der Waals surface area contributed by atoms with Crippen LogP contribution in [0, 0.1) is 5.92 Å². The summed E-state index contributed by atoms with van der Waals surface area (Å²) < 4.78 is 11.4. The summed E-state index contributed by atoms with van der Waals surface area (Å²) in [6.07, 6.45) is 2.36. The standard InChI is InChI=1S/C24H26N4O5S.2ClH/c1-13(25)21-20(22(29)26-11-16-4-3-5-17(27-16)24(30)31)28-23(34-21)15-8-9-18(32-2)19(10-15)33-12-14-6-7-14;;/h3-5,8-10,13-14H,6-7,11-12,25H2,1-2H3,(H,26,29)(H,30,31);2*1H. The molecule has 0 radical (unpaired) electrons. The molecule has 0 saturated heterocycles. The molecule has 1 aliphatic rings. The number of nitrogens with zero attached hydrogens (tertiary/aromatic N) is 2. The number of ether oxygens (including phenoxy) is 2. The van der Waals surface area contributed by atoms with Gasteiger partial charge in [-0.15, -0.1) is 36.2 Å². The number of hydrogen-bond donors (Lipinski definition) is 3. The van der Waals surface area contributed by atoms with Crippen molar-refractivity contribution in [1.29, 1.82) is 0 Å². The summed E-state index contributed by atoms with van der Waals surface area (Å²) in [6, 6.07) is 9.79. The quantitative estimate of drug-likeness (QED) is 0.333. The van der Waals surface area contributed by atoms with Crippen LogP contribution < -0.4 is 20.5 Å². The average Bonchev–Trinajstić information content (AvgIpc) is 3.56. The van der Waals surface area contributed by atoms with Crippen molar-refractivity contribution in [2.45, 2.75) is 32.4 Å². The number of halogens is 2. The zero-order valence-corrected chi connectivity index (χ0v) is 22.2. The number of nitrogens with two attached hydrogens (primary N) is 1. The number of nitrogens with one attached hydrogen (secondary N) is 1. The fraction of sp³-hybridized carbons (Fsp3) is 0.333. The number of rotatable bonds is 10. The topological polar surface area (TPSA) is 137 Å². The predicted octanol–water partition coefficient (Wildman–Crippen LogP) is 4.49. The lowest BCUT2D eigenvalue weighted by molar-refractivity contribution is 0.0690. The van der Waals surface area contributed by atoms with Gasteiger partial charge in [0.1, 0.15) is 16.4 Å². The number of carbonyl (C=O) groups is 2. The average molecular weight is 555 g/mol. The number of carboxylic acids is 1. The first-order chi connectivity index (χ1) is 16.4. The number of methoxy groups -OCH3 is 1. The molecule has 9 nitrogen and oxygen atoms in total. The van der Waals surface area contributed by atoms with Gasteiger partial charge in [0.15, 0.2) is 11.5 Å². The summed E-state index contributed by atoms with van der Waals surface area (Å²) in [5.41, 5.74) is 7.52. The molecule has 1 saturated carbocycles. The maximum atomic E-state index is 12.9. The second-order valence-electron chi connectivity index (χ2n) is 8.14. The third-order valence-electron chi connectivity index (χ3n) is 5.32. The third-order valence-corrected chi connectivity index (χ3v) is 6.63. The molecule has 0 aliphatic heterocycles. The fourth-order valence-corrected chi connectivity index (χ4v) is 4.30. The zero-order chi connectivity index (χ0) is 24.2. The van der Waals surface area contributed by atoms with Crippen molar-refractivity contribution in [1.82, 2.24) is 15.3 Å². The number of carbonyl (C=O) groups excluding carboxylic acids is 1. The Labute approximate surface area is 225 Å². The second-order valence-corrected chi connectivity index (χ2v) is 9.17. The van der Waals surface area contributed by atoms with Crippen LogP contribution in [0.4, 0.5) is 0 Å². The van der Waals surface area contributed by atoms with E-state index in [1.165, 1.54) is 30.2 Å². The molecule has 2 aromatic heterocycles. The molecule has 36 heavy (non-hydrogen) atoms. The minimum Gasteiger partial charge on any atom is -0.493 e. The first-order valence-electron chi connectivity index (χ1n) is 10.9. The van der Waals surface area contributed by atoms with Crippen molar-refractivity contribution >= 4 is 48.0 Å². The molecular formula is C24H28Cl2N4O5S. The minimum atomic E-state index is -1.13. The van der Waals surface area contributed by atoms with Crippen LogP contribution in [0.5, 0.6) is 11.5 Å². The van der Waals surface area contributed by atoms with Crippen LogP contribution in [0.2, 0.25) is 0 Å². The lowest BCUT2D eigenvalue weighted by atomic mass is 10.2. The fourth-order valence-electron chi connectivity index (χ4n) is 3.29. The Morgan fingerprint density at radius 1 is 1.19 bits per heavy atom. The van der Waals surface area contributed by atoms with Gasteiger partial charge >= 0.3 is 5.97 Å². The monoisotopic (exact) mass is 554 g/mol. The molecule has 1 unspecified atom stereocenters. The van der Waals surface area contributed by atoms with Crippen LogP contribution in [-0.4, -0.2) is 40.7 Å². The van der Waals surface area contributed by atoms with Crippen molar-refractivity contribution in [3.05, 3.63) is 58.4 Å². The number of hydrogen-bond acceptors (Lipinski definition) is 8. The lowest BCUT2D eigenvalue weighted by Crippen LogP contribution is -2.25. The molecular weight excluding hydrogens is 527 g/mol. The summed E-state index contributed by atoms with van der Waals surface area (Å²) >= 11 is 1.35. The summed E-state index contributed by atoms with van der Waals surface area (Å²) in [7, 11) is 1.60. The van der Waals surface area contributed by atoms with Crippen molar-refractivity contribution in [3.63, 3.8) is 0 Å². The number of aromatic carboxylic acids is 1. The number of amides is 1. The highest BCUT2D eigenvalue weighted by Gasteiger charge is 2.24. The van der Waals surface area contributed by atoms with E-state index in [9.17, 15) is 9.59 Å². The highest BCUT2D eigenvalue weighted by molar-refractivity contribution is 7.15. The highest BCUT2D eigenvalue weighted by Crippen LogP contribution is 2.38. The Hall–Kier alpha value is -2.92. The van der Waals surface area contributed by atoms with E-state index in [-0.39, 0.29) is 42.7 Å². The number of thiazole rings is 1. The summed E-state index contributed by atoms with van der Waals surface area (Å²) in [5, 5.41) is 12.5. The van der Waals surface area contributed by atoms with E-state index in [0.717, 1.165) is 5.56 Å². The smallest absolute Gasteiger partial charge is 0.354 e. The van der Waals surface area contributed by atoms with Gasteiger partial charge in [0.2, 0.25) is 0 Å². The third kappa shape index (κ3) is 7.07. The Morgan fingerprint density at radius 2 is 1.94 bits per heavy atom. The molecule has 1 atom stereocenters. The number of pyridine rings is 1. The minimum absolute atomic E-state index is 0. The largest absolute Gasteiger partial charge is 0.493 e.